The van der Waals surface area contributed by atoms with E-state index in [2.05, 4.69) is 42.2 Å². The van der Waals surface area contributed by atoms with E-state index in [1.807, 2.05) is 36.4 Å². The van der Waals surface area contributed by atoms with Gasteiger partial charge in [0, 0.05) is 14.0 Å². The highest BCUT2D eigenvalue weighted by molar-refractivity contribution is 9.11. The number of nitrogens with one attached hydrogen (secondary N) is 1. The Bertz CT molecular complexity index is 757. The van der Waals surface area contributed by atoms with E-state index >= 15 is 0 Å². The van der Waals surface area contributed by atoms with Gasteiger partial charge in [0.2, 0.25) is 0 Å². The second kappa shape index (κ2) is 5.40. The molecule has 0 aliphatic carbocycles. The lowest BCUT2D eigenvalue weighted by Crippen LogP contribution is -1.90. The van der Waals surface area contributed by atoms with E-state index in [0.717, 1.165) is 35.0 Å². The fraction of sp³-hybridized carbons (Fsp3) is 0. The molecule has 0 radical (unpaired) electrons. The summed E-state index contributed by atoms with van der Waals surface area (Å²) in [5.41, 5.74) is 1.92. The second-order valence-electron chi connectivity index (χ2n) is 3.88. The number of hydrogen-bond acceptors (Lipinski definition) is 3. The minimum absolute atomic E-state index is 0.728. The lowest BCUT2D eigenvalue weighted by atomic mass is 10.3. The maximum atomic E-state index is 5.98. The minimum atomic E-state index is 0.728. The number of halogens is 3. The van der Waals surface area contributed by atoms with Crippen molar-refractivity contribution in [2.75, 3.05) is 5.32 Å². The van der Waals surface area contributed by atoms with Gasteiger partial charge in [-0.05, 0) is 52.3 Å². The molecule has 96 valence electrons. The van der Waals surface area contributed by atoms with Crippen molar-refractivity contribution in [3.63, 3.8) is 0 Å². The molecule has 0 saturated carbocycles. The van der Waals surface area contributed by atoms with E-state index < -0.39 is 0 Å². The third-order valence-corrected chi connectivity index (χ3v) is 4.87. The van der Waals surface area contributed by atoms with E-state index in [1.54, 1.807) is 11.3 Å². The topological polar surface area (TPSA) is 24.9 Å². The number of fused-ring (bicyclic) bond motifs is 1. The van der Waals surface area contributed by atoms with Crippen molar-refractivity contribution in [3.8, 4) is 0 Å². The molecule has 0 spiro atoms. The van der Waals surface area contributed by atoms with E-state index in [4.69, 9.17) is 11.6 Å². The van der Waals surface area contributed by atoms with Crippen LogP contribution in [0.1, 0.15) is 0 Å². The van der Waals surface area contributed by atoms with Gasteiger partial charge < -0.3 is 5.32 Å². The van der Waals surface area contributed by atoms with Crippen LogP contribution in [0.15, 0.2) is 45.3 Å². The monoisotopic (exact) mass is 416 g/mol. The zero-order chi connectivity index (χ0) is 13.4. The van der Waals surface area contributed by atoms with Crippen LogP contribution >= 0.6 is 54.8 Å². The molecule has 2 nitrogen and oxygen atoms in total. The smallest absolute Gasteiger partial charge is 0.188 e. The summed E-state index contributed by atoms with van der Waals surface area (Å²) in [4.78, 5) is 4.53. The van der Waals surface area contributed by atoms with Crippen LogP contribution in [-0.2, 0) is 0 Å². The zero-order valence-corrected chi connectivity index (χ0v) is 14.2. The Morgan fingerprint density at radius 1 is 1.11 bits per heavy atom. The van der Waals surface area contributed by atoms with Crippen LogP contribution < -0.4 is 5.32 Å². The number of thiazole rings is 1. The van der Waals surface area contributed by atoms with Gasteiger partial charge >= 0.3 is 0 Å². The Hall–Kier alpha value is -0.620. The molecular formula is C13H7Br2ClN2S. The zero-order valence-electron chi connectivity index (χ0n) is 9.45. The van der Waals surface area contributed by atoms with Crippen LogP contribution in [0, 0.1) is 0 Å². The summed E-state index contributed by atoms with van der Waals surface area (Å²) >= 11 is 14.5. The third kappa shape index (κ3) is 2.94. The molecule has 1 N–H and O–H groups in total. The number of hydrogen-bond donors (Lipinski definition) is 1. The summed E-state index contributed by atoms with van der Waals surface area (Å²) in [5.74, 6) is 0. The van der Waals surface area contributed by atoms with E-state index in [1.165, 1.54) is 0 Å². The Morgan fingerprint density at radius 3 is 2.79 bits per heavy atom. The molecule has 0 amide bonds. The van der Waals surface area contributed by atoms with Crippen molar-refractivity contribution >= 4 is 75.8 Å². The summed E-state index contributed by atoms with van der Waals surface area (Å²) in [6.45, 7) is 0. The lowest BCUT2D eigenvalue weighted by Gasteiger charge is -2.05. The van der Waals surface area contributed by atoms with Crippen molar-refractivity contribution in [1.82, 2.24) is 4.98 Å². The standard InChI is InChI=1S/C13H7Br2ClN2S/c14-7-1-3-9(15)11(5-7)18-13-17-10-4-2-8(16)6-12(10)19-13/h1-6H,(H,17,18). The van der Waals surface area contributed by atoms with Crippen LogP contribution in [-0.4, -0.2) is 4.98 Å². The van der Waals surface area contributed by atoms with Crippen LogP contribution in [0.2, 0.25) is 5.02 Å². The van der Waals surface area contributed by atoms with E-state index in [0.29, 0.717) is 0 Å². The average molecular weight is 419 g/mol. The molecule has 0 saturated heterocycles. The first kappa shape index (κ1) is 13.4. The van der Waals surface area contributed by atoms with Crippen molar-refractivity contribution in [1.29, 1.82) is 0 Å². The fourth-order valence-corrected chi connectivity index (χ4v) is 3.52. The highest BCUT2D eigenvalue weighted by Gasteiger charge is 2.07. The molecule has 3 aromatic rings. The molecular weight excluding hydrogens is 411 g/mol. The third-order valence-electron chi connectivity index (χ3n) is 2.52. The van der Waals surface area contributed by atoms with Crippen LogP contribution in [0.5, 0.6) is 0 Å². The first-order valence-electron chi connectivity index (χ1n) is 5.40. The molecule has 1 heterocycles. The summed E-state index contributed by atoms with van der Waals surface area (Å²) < 4.78 is 3.08. The second-order valence-corrected chi connectivity index (χ2v) is 7.12. The van der Waals surface area contributed by atoms with Gasteiger partial charge in [0.05, 0.1) is 15.9 Å². The molecule has 0 unspecified atom stereocenters. The molecule has 0 bridgehead atoms. The maximum absolute atomic E-state index is 5.98. The van der Waals surface area contributed by atoms with Gasteiger partial charge in [0.15, 0.2) is 5.13 Å². The largest absolute Gasteiger partial charge is 0.331 e. The predicted octanol–water partition coefficient (Wildman–Crippen LogP) is 6.22. The van der Waals surface area contributed by atoms with Gasteiger partial charge in [0.1, 0.15) is 0 Å². The highest BCUT2D eigenvalue weighted by Crippen LogP contribution is 2.33. The Labute approximate surface area is 136 Å². The normalized spacial score (nSPS) is 10.9. The molecule has 19 heavy (non-hydrogen) atoms. The molecule has 0 atom stereocenters. The first-order chi connectivity index (χ1) is 9.11. The molecule has 0 aliphatic heterocycles. The lowest BCUT2D eigenvalue weighted by molar-refractivity contribution is 1.43. The number of anilines is 2. The SMILES string of the molecule is Clc1ccc2nc(Nc3cc(Br)ccc3Br)sc2c1. The van der Waals surface area contributed by atoms with Gasteiger partial charge in [-0.15, -0.1) is 0 Å². The van der Waals surface area contributed by atoms with Crippen LogP contribution in [0.3, 0.4) is 0 Å². The van der Waals surface area contributed by atoms with Crippen molar-refractivity contribution in [2.24, 2.45) is 0 Å². The molecule has 0 aliphatic rings. The van der Waals surface area contributed by atoms with Gasteiger partial charge in [-0.3, -0.25) is 0 Å². The van der Waals surface area contributed by atoms with E-state index in [9.17, 15) is 0 Å². The van der Waals surface area contributed by atoms with Gasteiger partial charge in [-0.25, -0.2) is 4.98 Å². The molecule has 0 fully saturated rings. The molecule has 1 aromatic heterocycles. The number of aromatic nitrogens is 1. The van der Waals surface area contributed by atoms with Crippen molar-refractivity contribution in [2.45, 2.75) is 0 Å². The summed E-state index contributed by atoms with van der Waals surface area (Å²) in [6, 6.07) is 11.7. The average Bonchev–Trinajstić information content (AvgIpc) is 2.75. The molecule has 2 aromatic carbocycles. The van der Waals surface area contributed by atoms with Gasteiger partial charge in [-0.1, -0.05) is 38.9 Å². The highest BCUT2D eigenvalue weighted by atomic mass is 79.9. The van der Waals surface area contributed by atoms with Crippen molar-refractivity contribution < 1.29 is 0 Å². The Morgan fingerprint density at radius 2 is 1.95 bits per heavy atom. The number of nitrogens with zero attached hydrogens (tertiary/aromatic N) is 1. The maximum Gasteiger partial charge on any atom is 0.188 e. The minimum Gasteiger partial charge on any atom is -0.331 e. The Balaban J connectivity index is 1.98. The molecule has 6 heteroatoms. The predicted molar refractivity (Wildman–Crippen MR) is 89.8 cm³/mol. The summed E-state index contributed by atoms with van der Waals surface area (Å²) in [6.07, 6.45) is 0. The van der Waals surface area contributed by atoms with Crippen LogP contribution in [0.4, 0.5) is 10.8 Å². The van der Waals surface area contributed by atoms with Gasteiger partial charge in [0.25, 0.3) is 0 Å². The van der Waals surface area contributed by atoms with Crippen molar-refractivity contribution in [3.05, 3.63) is 50.4 Å². The summed E-state index contributed by atoms with van der Waals surface area (Å²) in [7, 11) is 0. The number of rotatable bonds is 2. The van der Waals surface area contributed by atoms with Gasteiger partial charge in [-0.2, -0.15) is 0 Å². The number of benzene rings is 2. The molecule has 3 rings (SSSR count). The Kier molecular flexibility index (Phi) is 3.80. The first-order valence-corrected chi connectivity index (χ1v) is 8.18. The quantitative estimate of drug-likeness (QED) is 0.534. The van der Waals surface area contributed by atoms with Crippen LogP contribution in [0.25, 0.3) is 10.2 Å². The summed E-state index contributed by atoms with van der Waals surface area (Å²) in [5, 5.41) is 4.88. The fourth-order valence-electron chi connectivity index (χ4n) is 1.66. The van der Waals surface area contributed by atoms with E-state index in [-0.39, 0.29) is 0 Å².